The highest BCUT2D eigenvalue weighted by Crippen LogP contribution is 2.37. The fourth-order valence-corrected chi connectivity index (χ4v) is 2.34. The molecule has 0 bridgehead atoms. The van der Waals surface area contributed by atoms with Gasteiger partial charge in [0.15, 0.2) is 0 Å². The number of carboxylic acids is 1. The minimum atomic E-state index is -1.35. The Labute approximate surface area is 112 Å². The number of benzene rings is 1. The zero-order chi connectivity index (χ0) is 14.4. The molecule has 1 N–H and O–H groups in total. The number of carboxylic acid groups (broad SMARTS) is 1. The van der Waals surface area contributed by atoms with Crippen LogP contribution >= 0.6 is 0 Å². The summed E-state index contributed by atoms with van der Waals surface area (Å²) in [6.45, 7) is 0. The van der Waals surface area contributed by atoms with E-state index in [0.29, 0.717) is 5.52 Å². The van der Waals surface area contributed by atoms with E-state index < -0.39 is 22.8 Å². The summed E-state index contributed by atoms with van der Waals surface area (Å²) in [5.74, 6) is -2.08. The van der Waals surface area contributed by atoms with E-state index in [9.17, 15) is 14.0 Å². The lowest BCUT2D eigenvalue weighted by Crippen LogP contribution is -2.19. The molecule has 1 fully saturated rings. The van der Waals surface area contributed by atoms with Gasteiger partial charge in [0.1, 0.15) is 17.4 Å². The Morgan fingerprint density at radius 3 is 2.70 bits per heavy atom. The first-order valence-electron chi connectivity index (χ1n) is 6.04. The summed E-state index contributed by atoms with van der Waals surface area (Å²) in [5, 5.41) is 18.1. The van der Waals surface area contributed by atoms with Gasteiger partial charge in [0, 0.05) is 12.2 Å². The van der Waals surface area contributed by atoms with Crippen LogP contribution in [0.2, 0.25) is 0 Å². The molecule has 100 valence electrons. The van der Waals surface area contributed by atoms with E-state index in [4.69, 9.17) is 10.4 Å². The van der Waals surface area contributed by atoms with Crippen molar-refractivity contribution in [2.24, 2.45) is 0 Å². The van der Waals surface area contributed by atoms with E-state index in [1.54, 1.807) is 4.57 Å². The summed E-state index contributed by atoms with van der Waals surface area (Å²) in [6.07, 6.45) is 2.95. The first kappa shape index (κ1) is 12.4. The van der Waals surface area contributed by atoms with Gasteiger partial charge >= 0.3 is 5.97 Å². The van der Waals surface area contributed by atoms with Gasteiger partial charge in [-0.2, -0.15) is 5.26 Å². The van der Waals surface area contributed by atoms with Crippen LogP contribution in [0.1, 0.15) is 34.8 Å². The number of pyridine rings is 1. The molecule has 0 spiro atoms. The molecular weight excluding hydrogens is 263 g/mol. The highest BCUT2D eigenvalue weighted by atomic mass is 19.1. The zero-order valence-corrected chi connectivity index (χ0v) is 10.3. The largest absolute Gasteiger partial charge is 0.477 e. The van der Waals surface area contributed by atoms with E-state index in [2.05, 4.69) is 0 Å². The highest BCUT2D eigenvalue weighted by molar-refractivity contribution is 5.94. The van der Waals surface area contributed by atoms with Gasteiger partial charge in [0.25, 0.3) is 0 Å². The van der Waals surface area contributed by atoms with Crippen LogP contribution < -0.4 is 5.43 Å². The minimum absolute atomic E-state index is 0.0425. The molecule has 0 radical (unpaired) electrons. The van der Waals surface area contributed by atoms with Crippen molar-refractivity contribution >= 4 is 16.9 Å². The lowest BCUT2D eigenvalue weighted by atomic mass is 10.1. The van der Waals surface area contributed by atoms with E-state index in [1.807, 2.05) is 6.07 Å². The average Bonchev–Trinajstić information content (AvgIpc) is 3.22. The van der Waals surface area contributed by atoms with Gasteiger partial charge in [-0.15, -0.1) is 0 Å². The molecule has 1 saturated carbocycles. The molecule has 3 rings (SSSR count). The van der Waals surface area contributed by atoms with Crippen molar-refractivity contribution < 1.29 is 14.3 Å². The van der Waals surface area contributed by atoms with E-state index in [0.717, 1.165) is 25.0 Å². The van der Waals surface area contributed by atoms with Gasteiger partial charge < -0.3 is 9.67 Å². The van der Waals surface area contributed by atoms with Gasteiger partial charge in [0.05, 0.1) is 16.5 Å². The number of fused-ring (bicyclic) bond motifs is 1. The molecule has 0 atom stereocenters. The van der Waals surface area contributed by atoms with Crippen LogP contribution in [0.15, 0.2) is 23.1 Å². The Hall–Kier alpha value is -2.68. The van der Waals surface area contributed by atoms with Crippen LogP contribution in [0.25, 0.3) is 10.9 Å². The monoisotopic (exact) mass is 272 g/mol. The van der Waals surface area contributed by atoms with Gasteiger partial charge in [-0.3, -0.25) is 4.79 Å². The minimum Gasteiger partial charge on any atom is -0.477 e. The third kappa shape index (κ3) is 1.75. The van der Waals surface area contributed by atoms with Crippen LogP contribution in [0.5, 0.6) is 0 Å². The van der Waals surface area contributed by atoms with Crippen molar-refractivity contribution in [3.63, 3.8) is 0 Å². The van der Waals surface area contributed by atoms with Crippen LogP contribution in [-0.2, 0) is 0 Å². The van der Waals surface area contributed by atoms with E-state index in [-0.39, 0.29) is 17.0 Å². The summed E-state index contributed by atoms with van der Waals surface area (Å²) in [7, 11) is 0. The topological polar surface area (TPSA) is 83.1 Å². The molecule has 5 nitrogen and oxygen atoms in total. The van der Waals surface area contributed by atoms with Crippen molar-refractivity contribution in [1.29, 1.82) is 5.26 Å². The molecule has 1 aliphatic rings. The molecule has 1 aromatic carbocycles. The maximum atomic E-state index is 13.5. The molecule has 2 aromatic rings. The van der Waals surface area contributed by atoms with Gasteiger partial charge in [-0.05, 0) is 25.0 Å². The number of hydrogen-bond donors (Lipinski definition) is 1. The maximum Gasteiger partial charge on any atom is 0.341 e. The van der Waals surface area contributed by atoms with Gasteiger partial charge in [0.2, 0.25) is 5.43 Å². The Balaban J connectivity index is 2.52. The molecule has 0 unspecified atom stereocenters. The quantitative estimate of drug-likeness (QED) is 0.906. The predicted octanol–water partition coefficient (Wildman–Crippen LogP) is 2.05. The number of rotatable bonds is 2. The smallest absolute Gasteiger partial charge is 0.341 e. The maximum absolute atomic E-state index is 13.5. The number of aromatic nitrogens is 1. The first-order chi connectivity index (χ1) is 9.52. The average molecular weight is 272 g/mol. The van der Waals surface area contributed by atoms with Crippen molar-refractivity contribution in [3.8, 4) is 6.07 Å². The number of nitriles is 1. The van der Waals surface area contributed by atoms with Gasteiger partial charge in [-0.25, -0.2) is 9.18 Å². The Morgan fingerprint density at radius 1 is 1.45 bits per heavy atom. The van der Waals surface area contributed by atoms with Gasteiger partial charge in [-0.1, -0.05) is 0 Å². The summed E-state index contributed by atoms with van der Waals surface area (Å²) in [5.41, 5.74) is -0.813. The summed E-state index contributed by atoms with van der Waals surface area (Å²) >= 11 is 0. The van der Waals surface area contributed by atoms with Crippen LogP contribution in [-0.4, -0.2) is 15.6 Å². The van der Waals surface area contributed by atoms with Crippen molar-refractivity contribution in [2.75, 3.05) is 0 Å². The second-order valence-electron chi connectivity index (χ2n) is 4.78. The summed E-state index contributed by atoms with van der Waals surface area (Å²) in [6, 6.07) is 3.97. The Kier molecular flexibility index (Phi) is 2.57. The zero-order valence-electron chi connectivity index (χ0n) is 10.3. The fraction of sp³-hybridized carbons (Fsp3) is 0.214. The van der Waals surface area contributed by atoms with E-state index >= 15 is 0 Å². The van der Waals surface area contributed by atoms with Crippen molar-refractivity contribution in [2.45, 2.75) is 18.9 Å². The molecular formula is C14H9FN2O3. The van der Waals surface area contributed by atoms with Crippen LogP contribution in [0.4, 0.5) is 4.39 Å². The van der Waals surface area contributed by atoms with Crippen molar-refractivity contribution in [3.05, 3.63) is 45.5 Å². The number of nitrogens with zero attached hydrogens (tertiary/aromatic N) is 2. The lowest BCUT2D eigenvalue weighted by Gasteiger charge is -2.12. The fourth-order valence-electron chi connectivity index (χ4n) is 2.34. The molecule has 1 aliphatic carbocycles. The normalized spacial score (nSPS) is 14.2. The number of hydrogen-bond acceptors (Lipinski definition) is 3. The first-order valence-corrected chi connectivity index (χ1v) is 6.04. The third-order valence-corrected chi connectivity index (χ3v) is 3.38. The predicted molar refractivity (Wildman–Crippen MR) is 68.1 cm³/mol. The molecule has 0 aliphatic heterocycles. The van der Waals surface area contributed by atoms with Crippen molar-refractivity contribution in [1.82, 2.24) is 4.57 Å². The van der Waals surface area contributed by atoms with E-state index in [1.165, 1.54) is 6.20 Å². The summed E-state index contributed by atoms with van der Waals surface area (Å²) < 4.78 is 15.1. The third-order valence-electron chi connectivity index (χ3n) is 3.38. The lowest BCUT2D eigenvalue weighted by molar-refractivity contribution is 0.0695. The second-order valence-corrected chi connectivity index (χ2v) is 4.78. The number of carbonyl (C=O) groups is 1. The molecule has 0 saturated heterocycles. The molecule has 1 heterocycles. The molecule has 6 heteroatoms. The molecule has 1 aromatic heterocycles. The molecule has 0 amide bonds. The highest BCUT2D eigenvalue weighted by Gasteiger charge is 2.28. The Morgan fingerprint density at radius 2 is 2.15 bits per heavy atom. The van der Waals surface area contributed by atoms with Crippen LogP contribution in [0, 0.1) is 17.1 Å². The van der Waals surface area contributed by atoms with Crippen LogP contribution in [0.3, 0.4) is 0 Å². The molecule has 20 heavy (non-hydrogen) atoms. The second kappa shape index (κ2) is 4.17. The number of halogens is 1. The SMILES string of the molecule is N#Cc1cc(F)cc2c(=O)c(C(=O)O)cn(C3CC3)c12. The number of aromatic carboxylic acids is 1. The summed E-state index contributed by atoms with van der Waals surface area (Å²) in [4.78, 5) is 23.2. The Bertz CT molecular complexity index is 844. The standard InChI is InChI=1S/C14H9FN2O3/c15-8-3-7(5-16)12-10(4-8)13(18)11(14(19)20)6-17(12)9-1-2-9/h3-4,6,9H,1-2H2,(H,19,20).